The van der Waals surface area contributed by atoms with E-state index in [-0.39, 0.29) is 5.91 Å². The fraction of sp³-hybridized carbons (Fsp3) is 0.406. The van der Waals surface area contributed by atoms with Crippen molar-refractivity contribution in [2.24, 2.45) is 0 Å². The molecule has 2 aromatic carbocycles. The molecule has 0 radical (unpaired) electrons. The second kappa shape index (κ2) is 14.1. The molecule has 0 unspecified atom stereocenters. The van der Waals surface area contributed by atoms with Gasteiger partial charge >= 0.3 is 0 Å². The highest BCUT2D eigenvalue weighted by molar-refractivity contribution is 5.81. The maximum Gasteiger partial charge on any atom is 0.222 e. The number of nitrogens with one attached hydrogen (secondary N) is 1. The number of carbonyl (C=O) groups excluding carboxylic acids is 1. The molecule has 6 rings (SSSR count). The van der Waals surface area contributed by atoms with Crippen LogP contribution in [0, 0.1) is 0 Å². The smallest absolute Gasteiger partial charge is 0.222 e. The second-order valence-electron chi connectivity index (χ2n) is 11.0. The van der Waals surface area contributed by atoms with Gasteiger partial charge < -0.3 is 14.2 Å². The summed E-state index contributed by atoms with van der Waals surface area (Å²) in [6.45, 7) is 6.02. The van der Waals surface area contributed by atoms with Gasteiger partial charge in [0.15, 0.2) is 0 Å². The van der Waals surface area contributed by atoms with Gasteiger partial charge in [0.2, 0.25) is 5.91 Å². The van der Waals surface area contributed by atoms with Crippen LogP contribution in [0.15, 0.2) is 73.6 Å². The van der Waals surface area contributed by atoms with E-state index >= 15 is 0 Å². The molecule has 0 atom stereocenters. The molecule has 0 saturated carbocycles. The summed E-state index contributed by atoms with van der Waals surface area (Å²) in [7, 11) is 0. The summed E-state index contributed by atoms with van der Waals surface area (Å²) in [4.78, 5) is 26.4. The highest BCUT2D eigenvalue weighted by Crippen LogP contribution is 2.24. The van der Waals surface area contributed by atoms with Gasteiger partial charge in [0.1, 0.15) is 24.2 Å². The van der Waals surface area contributed by atoms with Crippen molar-refractivity contribution >= 4 is 16.8 Å². The van der Waals surface area contributed by atoms with Crippen LogP contribution in [0.1, 0.15) is 37.8 Å². The zero-order valence-electron chi connectivity index (χ0n) is 24.5. The largest absolute Gasteiger partial charge is 0.494 e. The fourth-order valence-corrected chi connectivity index (χ4v) is 5.70. The van der Waals surface area contributed by atoms with Crippen LogP contribution in [0.25, 0.3) is 22.3 Å². The Labute approximate surface area is 251 Å². The third-order valence-electron chi connectivity index (χ3n) is 7.98. The first-order chi connectivity index (χ1) is 21.2. The Bertz CT molecular complexity index is 1590. The first-order valence-electron chi connectivity index (χ1n) is 15.2. The number of para-hydroxylation sites is 1. The molecule has 0 saturated heterocycles. The third kappa shape index (κ3) is 7.47. The molecule has 0 fully saturated rings. The van der Waals surface area contributed by atoms with E-state index in [1.807, 2.05) is 41.6 Å². The lowest BCUT2D eigenvalue weighted by Gasteiger charge is -2.25. The van der Waals surface area contributed by atoms with Crippen LogP contribution in [0.5, 0.6) is 5.75 Å². The minimum Gasteiger partial charge on any atom is -0.494 e. The first-order valence-corrected chi connectivity index (χ1v) is 15.2. The number of aryl methyl sites for hydroxylation is 1. The van der Waals surface area contributed by atoms with Crippen LogP contribution in [0.4, 0.5) is 0 Å². The summed E-state index contributed by atoms with van der Waals surface area (Å²) in [5.41, 5.74) is 3.14. The number of hydrogen-bond donors (Lipinski definition) is 1. The molecule has 1 aliphatic heterocycles. The maximum absolute atomic E-state index is 13.3. The van der Waals surface area contributed by atoms with Crippen LogP contribution < -0.4 is 4.74 Å². The Morgan fingerprint density at radius 3 is 2.81 bits per heavy atom. The van der Waals surface area contributed by atoms with Crippen molar-refractivity contribution in [1.29, 1.82) is 0 Å². The highest BCUT2D eigenvalue weighted by atomic mass is 16.5. The topological polar surface area (TPSA) is 110 Å². The van der Waals surface area contributed by atoms with Gasteiger partial charge in [-0.15, -0.1) is 0 Å². The van der Waals surface area contributed by atoms with Gasteiger partial charge in [-0.3, -0.25) is 19.5 Å². The van der Waals surface area contributed by atoms with Crippen molar-refractivity contribution in [3.8, 4) is 17.1 Å². The summed E-state index contributed by atoms with van der Waals surface area (Å²) in [6, 6.07) is 16.4. The summed E-state index contributed by atoms with van der Waals surface area (Å²) in [5.74, 6) is 1.94. The molecule has 1 amide bonds. The van der Waals surface area contributed by atoms with Crippen LogP contribution in [0.2, 0.25) is 0 Å². The number of carbonyl (C=O) groups is 1. The Kier molecular flexibility index (Phi) is 9.38. The lowest BCUT2D eigenvalue weighted by molar-refractivity contribution is -0.131. The second-order valence-corrected chi connectivity index (χ2v) is 11.0. The van der Waals surface area contributed by atoms with E-state index in [1.54, 1.807) is 11.0 Å². The number of fused-ring (bicyclic) bond motifs is 5. The van der Waals surface area contributed by atoms with Crippen LogP contribution >= 0.6 is 0 Å². The lowest BCUT2D eigenvalue weighted by atomic mass is 10.2. The molecule has 3 aromatic heterocycles. The monoisotopic (exact) mass is 581 g/mol. The van der Waals surface area contributed by atoms with Gasteiger partial charge in [0.05, 0.1) is 17.8 Å². The number of aromatic amines is 1. The standard InChI is InChI=1S/C32H39N9O2/c42-31(12-6-17-41-25-33-24-35-41)39-15-4-3-14-38(23-30-28-10-1-2-11-29(28)36-37-30)19-20-40-18-13-34-32(40)26-8-5-9-27(22-26)43-21-7-16-39/h1-2,5,8-11,13,18,22,24-25H,3-4,6-7,12,14-17,19-21,23H2,(H,36,37). The lowest BCUT2D eigenvalue weighted by Crippen LogP contribution is -2.34. The number of amides is 1. The van der Waals surface area contributed by atoms with Gasteiger partial charge in [-0.1, -0.05) is 30.3 Å². The van der Waals surface area contributed by atoms with Gasteiger partial charge in [-0.25, -0.2) is 9.97 Å². The Hall–Kier alpha value is -4.51. The Morgan fingerprint density at radius 2 is 1.88 bits per heavy atom. The van der Waals surface area contributed by atoms with E-state index in [4.69, 9.17) is 4.74 Å². The van der Waals surface area contributed by atoms with Gasteiger partial charge in [0, 0.05) is 69.0 Å². The van der Waals surface area contributed by atoms with E-state index in [2.05, 4.69) is 59.0 Å². The van der Waals surface area contributed by atoms with Crippen molar-refractivity contribution in [3.63, 3.8) is 0 Å². The van der Waals surface area contributed by atoms with Crippen LogP contribution in [0.3, 0.4) is 0 Å². The molecule has 4 heterocycles. The molecular weight excluding hydrogens is 542 g/mol. The first kappa shape index (κ1) is 28.6. The zero-order chi connectivity index (χ0) is 29.3. The van der Waals surface area contributed by atoms with E-state index in [1.165, 1.54) is 6.33 Å². The number of nitrogens with zero attached hydrogens (tertiary/aromatic N) is 8. The number of imidazole rings is 1. The number of benzene rings is 2. The van der Waals surface area contributed by atoms with Crippen LogP contribution in [-0.2, 0) is 24.4 Å². The van der Waals surface area contributed by atoms with E-state index in [0.717, 1.165) is 92.1 Å². The zero-order valence-corrected chi connectivity index (χ0v) is 24.5. The van der Waals surface area contributed by atoms with Crippen molar-refractivity contribution in [2.75, 3.05) is 32.8 Å². The van der Waals surface area contributed by atoms with E-state index in [0.29, 0.717) is 26.1 Å². The minimum absolute atomic E-state index is 0.186. The molecule has 43 heavy (non-hydrogen) atoms. The van der Waals surface area contributed by atoms with Crippen molar-refractivity contribution in [2.45, 2.75) is 51.7 Å². The third-order valence-corrected chi connectivity index (χ3v) is 7.98. The average molecular weight is 582 g/mol. The minimum atomic E-state index is 0.186. The van der Waals surface area contributed by atoms with E-state index in [9.17, 15) is 4.79 Å². The predicted molar refractivity (Wildman–Crippen MR) is 164 cm³/mol. The number of ether oxygens (including phenoxy) is 1. The highest BCUT2D eigenvalue weighted by Gasteiger charge is 2.16. The number of hydrogen-bond acceptors (Lipinski definition) is 7. The molecule has 11 heteroatoms. The average Bonchev–Trinajstić information content (AvgIpc) is 3.80. The number of aromatic nitrogens is 7. The molecule has 11 nitrogen and oxygen atoms in total. The van der Waals surface area contributed by atoms with Crippen molar-refractivity contribution < 1.29 is 9.53 Å². The Balaban J connectivity index is 1.17. The molecule has 0 aliphatic carbocycles. The summed E-state index contributed by atoms with van der Waals surface area (Å²) >= 11 is 0. The molecule has 1 N–H and O–H groups in total. The quantitative estimate of drug-likeness (QED) is 0.317. The Morgan fingerprint density at radius 1 is 0.977 bits per heavy atom. The van der Waals surface area contributed by atoms with Gasteiger partial charge in [-0.2, -0.15) is 10.2 Å². The van der Waals surface area contributed by atoms with Gasteiger partial charge in [0.25, 0.3) is 0 Å². The van der Waals surface area contributed by atoms with E-state index < -0.39 is 0 Å². The number of H-pyrrole nitrogens is 1. The van der Waals surface area contributed by atoms with Crippen LogP contribution in [-0.4, -0.2) is 83.0 Å². The molecular formula is C32H39N9O2. The molecule has 0 spiro atoms. The SMILES string of the molecule is O=C(CCCn1cncn1)N1CCCCN(Cc2[nH]nc3ccccc23)CCn2ccnc2-c2cccc(c2)OCCC1. The van der Waals surface area contributed by atoms with Crippen molar-refractivity contribution in [1.82, 2.24) is 44.3 Å². The fourth-order valence-electron chi connectivity index (χ4n) is 5.70. The maximum atomic E-state index is 13.3. The summed E-state index contributed by atoms with van der Waals surface area (Å²) < 4.78 is 10.1. The van der Waals surface area contributed by atoms with Gasteiger partial charge in [-0.05, 0) is 50.4 Å². The molecule has 5 aromatic rings. The predicted octanol–water partition coefficient (Wildman–Crippen LogP) is 4.39. The normalized spacial score (nSPS) is 15.6. The summed E-state index contributed by atoms with van der Waals surface area (Å²) in [5, 5.41) is 13.1. The van der Waals surface area contributed by atoms with Crippen molar-refractivity contribution in [3.05, 3.63) is 79.3 Å². The number of rotatable bonds is 6. The molecule has 224 valence electrons. The summed E-state index contributed by atoms with van der Waals surface area (Å²) in [6.07, 6.45) is 11.1. The molecule has 2 bridgehead atoms. The molecule has 1 aliphatic rings.